The van der Waals surface area contributed by atoms with E-state index in [0.717, 1.165) is 16.9 Å². The maximum absolute atomic E-state index is 13.0. The highest BCUT2D eigenvalue weighted by molar-refractivity contribution is 7.80. The molecule has 6 heteroatoms. The first-order chi connectivity index (χ1) is 15.2. The predicted molar refractivity (Wildman–Crippen MR) is 125 cm³/mol. The maximum atomic E-state index is 13.0. The molecule has 0 unspecified atom stereocenters. The zero-order valence-electron chi connectivity index (χ0n) is 17.0. The van der Waals surface area contributed by atoms with E-state index in [0.29, 0.717) is 22.1 Å². The van der Waals surface area contributed by atoms with Crippen molar-refractivity contribution >= 4 is 29.0 Å². The second-order valence-electron chi connectivity index (χ2n) is 6.89. The van der Waals surface area contributed by atoms with Gasteiger partial charge in [-0.25, -0.2) is 4.79 Å². The van der Waals surface area contributed by atoms with E-state index in [-0.39, 0.29) is 6.61 Å². The summed E-state index contributed by atoms with van der Waals surface area (Å²) in [5.74, 6) is 1.00. The quantitative estimate of drug-likeness (QED) is 0.425. The highest BCUT2D eigenvalue weighted by Crippen LogP contribution is 2.34. The summed E-state index contributed by atoms with van der Waals surface area (Å²) >= 11 is 5.46. The Balaban J connectivity index is 1.77. The molecule has 0 saturated carbocycles. The molecule has 1 aliphatic heterocycles. The summed E-state index contributed by atoms with van der Waals surface area (Å²) in [6, 6.07) is 26.3. The summed E-state index contributed by atoms with van der Waals surface area (Å²) in [4.78, 5) is 13.0. The Bertz CT molecular complexity index is 1110. The number of thiocarbonyl (C=S) groups is 1. The van der Waals surface area contributed by atoms with Crippen molar-refractivity contribution in [1.29, 1.82) is 0 Å². The van der Waals surface area contributed by atoms with Gasteiger partial charge >= 0.3 is 5.97 Å². The Kier molecular flexibility index (Phi) is 6.29. The van der Waals surface area contributed by atoms with Crippen LogP contribution in [0.3, 0.4) is 0 Å². The fraction of sp³-hybridized carbons (Fsp3) is 0.120. The molecule has 4 rings (SSSR count). The second kappa shape index (κ2) is 9.45. The Labute approximate surface area is 186 Å². The summed E-state index contributed by atoms with van der Waals surface area (Å²) in [5, 5.41) is 6.80. The maximum Gasteiger partial charge on any atom is 0.338 e. The van der Waals surface area contributed by atoms with Gasteiger partial charge in [-0.15, -0.1) is 0 Å². The standard InChI is InChI=1S/C25H22N2O3S/c1-2-29-24(28)21-22(17-10-5-3-6-11-17)26-25(31)27-23(21)18-12-9-15-20(16-18)30-19-13-7-4-8-14-19/h3-16,23H,2H2,1H3,(H2,26,27,31)/t23-/m1/s1. The van der Waals surface area contributed by atoms with Crippen molar-refractivity contribution in [2.75, 3.05) is 6.61 Å². The van der Waals surface area contributed by atoms with Crippen LogP contribution in [0.2, 0.25) is 0 Å². The fourth-order valence-electron chi connectivity index (χ4n) is 3.46. The van der Waals surface area contributed by atoms with Gasteiger partial charge in [0.05, 0.1) is 23.9 Å². The van der Waals surface area contributed by atoms with Crippen LogP contribution in [0, 0.1) is 0 Å². The van der Waals surface area contributed by atoms with Gasteiger partial charge in [-0.3, -0.25) is 0 Å². The van der Waals surface area contributed by atoms with E-state index in [2.05, 4.69) is 10.6 Å². The molecule has 2 N–H and O–H groups in total. The number of nitrogens with one attached hydrogen (secondary N) is 2. The fourth-order valence-corrected chi connectivity index (χ4v) is 3.68. The largest absolute Gasteiger partial charge is 0.463 e. The minimum Gasteiger partial charge on any atom is -0.463 e. The van der Waals surface area contributed by atoms with Crippen LogP contribution in [0.4, 0.5) is 0 Å². The lowest BCUT2D eigenvalue weighted by atomic mass is 9.92. The Morgan fingerprint density at radius 3 is 2.32 bits per heavy atom. The van der Waals surface area contributed by atoms with Crippen LogP contribution in [-0.4, -0.2) is 17.7 Å². The molecule has 0 spiro atoms. The van der Waals surface area contributed by atoms with E-state index in [1.807, 2.05) is 84.9 Å². The first kappa shape index (κ1) is 20.6. The number of esters is 1. The molecule has 156 valence electrons. The lowest BCUT2D eigenvalue weighted by Crippen LogP contribution is -2.45. The monoisotopic (exact) mass is 430 g/mol. The summed E-state index contributed by atoms with van der Waals surface area (Å²) in [6.45, 7) is 2.07. The smallest absolute Gasteiger partial charge is 0.338 e. The first-order valence-corrected chi connectivity index (χ1v) is 10.4. The average Bonchev–Trinajstić information content (AvgIpc) is 2.80. The van der Waals surface area contributed by atoms with Gasteiger partial charge in [0.2, 0.25) is 0 Å². The van der Waals surface area contributed by atoms with Crippen molar-refractivity contribution in [2.45, 2.75) is 13.0 Å². The molecule has 1 aliphatic rings. The highest BCUT2D eigenvalue weighted by Gasteiger charge is 2.33. The van der Waals surface area contributed by atoms with Crippen LogP contribution in [0.5, 0.6) is 11.5 Å². The summed E-state index contributed by atoms with van der Waals surface area (Å²) in [7, 11) is 0. The normalized spacial score (nSPS) is 15.6. The van der Waals surface area contributed by atoms with Gasteiger partial charge in [-0.05, 0) is 54.5 Å². The number of para-hydroxylation sites is 1. The van der Waals surface area contributed by atoms with Crippen molar-refractivity contribution in [3.63, 3.8) is 0 Å². The van der Waals surface area contributed by atoms with Crippen LogP contribution in [-0.2, 0) is 9.53 Å². The number of carbonyl (C=O) groups excluding carboxylic acids is 1. The molecule has 0 aromatic heterocycles. The summed E-state index contributed by atoms with van der Waals surface area (Å²) in [6.07, 6.45) is 0. The topological polar surface area (TPSA) is 59.6 Å². The third-order valence-electron chi connectivity index (χ3n) is 4.80. The molecule has 0 bridgehead atoms. The molecule has 3 aromatic rings. The lowest BCUT2D eigenvalue weighted by molar-refractivity contribution is -0.138. The number of hydrogen-bond acceptors (Lipinski definition) is 4. The van der Waals surface area contributed by atoms with Crippen molar-refractivity contribution < 1.29 is 14.3 Å². The van der Waals surface area contributed by atoms with Crippen molar-refractivity contribution in [2.24, 2.45) is 0 Å². The second-order valence-corrected chi connectivity index (χ2v) is 7.30. The predicted octanol–water partition coefficient (Wildman–Crippen LogP) is 4.97. The molecule has 1 heterocycles. The van der Waals surface area contributed by atoms with Crippen LogP contribution < -0.4 is 15.4 Å². The lowest BCUT2D eigenvalue weighted by Gasteiger charge is -2.31. The summed E-state index contributed by atoms with van der Waals surface area (Å²) in [5.41, 5.74) is 2.81. The average molecular weight is 431 g/mol. The van der Waals surface area contributed by atoms with Crippen LogP contribution >= 0.6 is 12.2 Å². The van der Waals surface area contributed by atoms with Gasteiger partial charge < -0.3 is 20.1 Å². The number of hydrogen-bond donors (Lipinski definition) is 2. The van der Waals surface area contributed by atoms with E-state index < -0.39 is 12.0 Å². The third-order valence-corrected chi connectivity index (χ3v) is 5.02. The van der Waals surface area contributed by atoms with Gasteiger partial charge in [0, 0.05) is 0 Å². The molecule has 0 radical (unpaired) electrons. The van der Waals surface area contributed by atoms with Crippen molar-refractivity contribution in [1.82, 2.24) is 10.6 Å². The van der Waals surface area contributed by atoms with Gasteiger partial charge in [-0.2, -0.15) is 0 Å². The molecule has 1 atom stereocenters. The van der Waals surface area contributed by atoms with E-state index in [9.17, 15) is 4.79 Å². The van der Waals surface area contributed by atoms with Crippen molar-refractivity contribution in [3.8, 4) is 11.5 Å². The molecule has 0 aliphatic carbocycles. The van der Waals surface area contributed by atoms with Crippen LogP contribution in [0.25, 0.3) is 5.70 Å². The molecule has 0 saturated heterocycles. The van der Waals surface area contributed by atoms with Crippen LogP contribution in [0.15, 0.2) is 90.5 Å². The summed E-state index contributed by atoms with van der Waals surface area (Å²) < 4.78 is 11.4. The van der Waals surface area contributed by atoms with Gasteiger partial charge in [0.1, 0.15) is 11.5 Å². The Morgan fingerprint density at radius 2 is 1.61 bits per heavy atom. The number of benzene rings is 3. The number of carbonyl (C=O) groups is 1. The van der Waals surface area contributed by atoms with E-state index in [1.54, 1.807) is 6.92 Å². The molecule has 5 nitrogen and oxygen atoms in total. The third kappa shape index (κ3) is 4.75. The van der Waals surface area contributed by atoms with Gasteiger partial charge in [-0.1, -0.05) is 60.7 Å². The minimum absolute atomic E-state index is 0.277. The molecule has 0 amide bonds. The molecule has 3 aromatic carbocycles. The first-order valence-electron chi connectivity index (χ1n) is 10.0. The van der Waals surface area contributed by atoms with E-state index in [4.69, 9.17) is 21.7 Å². The van der Waals surface area contributed by atoms with Crippen molar-refractivity contribution in [3.05, 3.63) is 102 Å². The highest BCUT2D eigenvalue weighted by atomic mass is 32.1. The van der Waals surface area contributed by atoms with E-state index in [1.165, 1.54) is 0 Å². The zero-order chi connectivity index (χ0) is 21.6. The SMILES string of the molecule is CCOC(=O)C1=C(c2ccccc2)NC(=S)N[C@@H]1c1cccc(Oc2ccccc2)c1. The minimum atomic E-state index is -0.484. The molecule has 31 heavy (non-hydrogen) atoms. The molecular formula is C25H22N2O3S. The Hall–Kier alpha value is -3.64. The van der Waals surface area contributed by atoms with Gasteiger partial charge in [0.15, 0.2) is 5.11 Å². The molecule has 0 fully saturated rings. The molecular weight excluding hydrogens is 408 g/mol. The number of ether oxygens (including phenoxy) is 2. The zero-order valence-corrected chi connectivity index (χ0v) is 17.8. The number of rotatable bonds is 6. The Morgan fingerprint density at radius 1 is 0.935 bits per heavy atom. The van der Waals surface area contributed by atoms with E-state index >= 15 is 0 Å². The van der Waals surface area contributed by atoms with Crippen LogP contribution in [0.1, 0.15) is 24.1 Å². The van der Waals surface area contributed by atoms with Gasteiger partial charge in [0.25, 0.3) is 0 Å².